The molecule has 0 atom stereocenters. The summed E-state index contributed by atoms with van der Waals surface area (Å²) in [6.45, 7) is 0. The average molecular weight is 242 g/mol. The predicted octanol–water partition coefficient (Wildman–Crippen LogP) is 1.36. The lowest BCUT2D eigenvalue weighted by atomic mass is 10.3. The highest BCUT2D eigenvalue weighted by atomic mass is 16.7. The smallest absolute Gasteiger partial charge is 0.178 e. The van der Waals surface area contributed by atoms with Gasteiger partial charge in [-0.05, 0) is 12.1 Å². The van der Waals surface area contributed by atoms with Gasteiger partial charge < -0.3 is 10.6 Å². The van der Waals surface area contributed by atoms with Gasteiger partial charge in [-0.2, -0.15) is 0 Å². The van der Waals surface area contributed by atoms with E-state index in [9.17, 15) is 0 Å². The van der Waals surface area contributed by atoms with Crippen molar-refractivity contribution in [1.82, 2.24) is 15.1 Å². The van der Waals surface area contributed by atoms with Crippen LogP contribution < -0.4 is 16.0 Å². The van der Waals surface area contributed by atoms with Crippen LogP contribution in [0.2, 0.25) is 0 Å². The molecule has 0 saturated heterocycles. The SMILES string of the molecule is Nc1ncnc2c1N=CN(Oc1ccccc1)N2. The van der Waals surface area contributed by atoms with Crippen LogP contribution in [0.4, 0.5) is 17.3 Å². The topological polar surface area (TPSA) is 88.7 Å². The number of nitrogens with two attached hydrogens (primary N) is 1. The Hall–Kier alpha value is -2.83. The van der Waals surface area contributed by atoms with Gasteiger partial charge in [0.1, 0.15) is 6.33 Å². The molecule has 7 heteroatoms. The van der Waals surface area contributed by atoms with Gasteiger partial charge in [0.2, 0.25) is 0 Å². The Morgan fingerprint density at radius 1 is 1.17 bits per heavy atom. The lowest BCUT2D eigenvalue weighted by Gasteiger charge is -2.24. The lowest BCUT2D eigenvalue weighted by Crippen LogP contribution is -2.34. The molecule has 1 aliphatic heterocycles. The highest BCUT2D eigenvalue weighted by Crippen LogP contribution is 2.29. The summed E-state index contributed by atoms with van der Waals surface area (Å²) in [5, 5.41) is 1.35. The van der Waals surface area contributed by atoms with Crippen LogP contribution in [-0.2, 0) is 0 Å². The molecular formula is C11H10N6O. The number of rotatable bonds is 2. The maximum atomic E-state index is 5.68. The summed E-state index contributed by atoms with van der Waals surface area (Å²) in [4.78, 5) is 17.5. The van der Waals surface area contributed by atoms with Crippen LogP contribution >= 0.6 is 0 Å². The first kappa shape index (κ1) is 10.3. The van der Waals surface area contributed by atoms with Crippen LogP contribution in [0.25, 0.3) is 0 Å². The van der Waals surface area contributed by atoms with Gasteiger partial charge in [0, 0.05) is 0 Å². The van der Waals surface area contributed by atoms with E-state index in [4.69, 9.17) is 10.6 Å². The number of aliphatic imine (C=N–C) groups is 1. The van der Waals surface area contributed by atoms with Crippen LogP contribution in [0.15, 0.2) is 41.7 Å². The zero-order valence-corrected chi connectivity index (χ0v) is 9.32. The van der Waals surface area contributed by atoms with E-state index >= 15 is 0 Å². The molecule has 90 valence electrons. The highest BCUT2D eigenvalue weighted by Gasteiger charge is 2.16. The molecule has 3 N–H and O–H groups in total. The van der Waals surface area contributed by atoms with Crippen molar-refractivity contribution in [3.8, 4) is 5.75 Å². The number of fused-ring (bicyclic) bond motifs is 1. The molecule has 1 aromatic carbocycles. The molecule has 3 rings (SSSR count). The van der Waals surface area contributed by atoms with Crippen LogP contribution in [0, 0.1) is 0 Å². The standard InChI is InChI=1S/C11H10N6O/c12-10-9-11(14-6-13-10)16-17(7-15-9)18-8-4-2-1-3-5-8/h1-7H,(H3,12,13,14,16). The first-order valence-corrected chi connectivity index (χ1v) is 5.26. The van der Waals surface area contributed by atoms with Crippen molar-refractivity contribution >= 4 is 23.7 Å². The number of hydrazine groups is 1. The van der Waals surface area contributed by atoms with E-state index in [1.807, 2.05) is 30.3 Å². The van der Waals surface area contributed by atoms with Crippen molar-refractivity contribution in [2.75, 3.05) is 11.2 Å². The average Bonchev–Trinajstić information content (AvgIpc) is 2.40. The van der Waals surface area contributed by atoms with Gasteiger partial charge in [-0.3, -0.25) is 0 Å². The third-order valence-electron chi connectivity index (χ3n) is 2.31. The number of aromatic nitrogens is 2. The van der Waals surface area contributed by atoms with E-state index in [0.29, 0.717) is 23.1 Å². The third-order valence-corrected chi connectivity index (χ3v) is 2.31. The quantitative estimate of drug-likeness (QED) is 0.826. The van der Waals surface area contributed by atoms with Gasteiger partial charge in [0.05, 0.1) is 0 Å². The first-order valence-electron chi connectivity index (χ1n) is 5.26. The lowest BCUT2D eigenvalue weighted by molar-refractivity contribution is 0.0510. The molecule has 1 aromatic heterocycles. The number of hydrogen-bond acceptors (Lipinski definition) is 7. The Balaban J connectivity index is 1.80. The largest absolute Gasteiger partial charge is 0.382 e. The predicted molar refractivity (Wildman–Crippen MR) is 67.1 cm³/mol. The third kappa shape index (κ3) is 1.88. The van der Waals surface area contributed by atoms with Crippen LogP contribution in [-0.4, -0.2) is 21.5 Å². The van der Waals surface area contributed by atoms with E-state index in [2.05, 4.69) is 20.4 Å². The molecule has 0 radical (unpaired) electrons. The van der Waals surface area contributed by atoms with Crippen molar-refractivity contribution in [3.05, 3.63) is 36.7 Å². The summed E-state index contributed by atoms with van der Waals surface area (Å²) in [5.74, 6) is 1.51. The number of nitrogen functional groups attached to an aromatic ring is 1. The molecule has 2 aromatic rings. The second-order valence-corrected chi connectivity index (χ2v) is 3.54. The van der Waals surface area contributed by atoms with Crippen molar-refractivity contribution < 1.29 is 4.84 Å². The van der Waals surface area contributed by atoms with E-state index in [-0.39, 0.29) is 0 Å². The fourth-order valence-corrected chi connectivity index (χ4v) is 1.49. The molecule has 2 heterocycles. The van der Waals surface area contributed by atoms with Gasteiger partial charge in [0.25, 0.3) is 0 Å². The monoisotopic (exact) mass is 242 g/mol. The van der Waals surface area contributed by atoms with Crippen molar-refractivity contribution in [2.24, 2.45) is 4.99 Å². The Kier molecular flexibility index (Phi) is 2.41. The fraction of sp³-hybridized carbons (Fsp3) is 0. The Morgan fingerprint density at radius 3 is 2.83 bits per heavy atom. The minimum Gasteiger partial charge on any atom is -0.382 e. The number of nitrogens with one attached hydrogen (secondary N) is 1. The minimum atomic E-state index is 0.322. The molecular weight excluding hydrogens is 232 g/mol. The zero-order chi connectivity index (χ0) is 12.4. The molecule has 1 aliphatic rings. The second kappa shape index (κ2) is 4.21. The second-order valence-electron chi connectivity index (χ2n) is 3.54. The molecule has 0 saturated carbocycles. The molecule has 7 nitrogen and oxygen atoms in total. The van der Waals surface area contributed by atoms with Gasteiger partial charge in [-0.1, -0.05) is 18.2 Å². The van der Waals surface area contributed by atoms with Crippen LogP contribution in [0.1, 0.15) is 0 Å². The number of benzene rings is 1. The summed E-state index contributed by atoms with van der Waals surface area (Å²) < 4.78 is 0. The maximum Gasteiger partial charge on any atom is 0.178 e. The van der Waals surface area contributed by atoms with Crippen molar-refractivity contribution in [3.63, 3.8) is 0 Å². The van der Waals surface area contributed by atoms with Gasteiger partial charge in [-0.25, -0.2) is 20.4 Å². The van der Waals surface area contributed by atoms with Crippen LogP contribution in [0.3, 0.4) is 0 Å². The number of hydrogen-bond donors (Lipinski definition) is 2. The number of nitrogens with zero attached hydrogens (tertiary/aromatic N) is 4. The Morgan fingerprint density at radius 2 is 2.00 bits per heavy atom. The summed E-state index contributed by atoms with van der Waals surface area (Å²) >= 11 is 0. The summed E-state index contributed by atoms with van der Waals surface area (Å²) in [5.41, 5.74) is 9.10. The zero-order valence-electron chi connectivity index (χ0n) is 9.32. The van der Waals surface area contributed by atoms with E-state index in [0.717, 1.165) is 0 Å². The number of anilines is 2. The first-order chi connectivity index (χ1) is 8.83. The fourth-order valence-electron chi connectivity index (χ4n) is 1.49. The van der Waals surface area contributed by atoms with Gasteiger partial charge in [0.15, 0.2) is 29.4 Å². The van der Waals surface area contributed by atoms with Crippen molar-refractivity contribution in [1.29, 1.82) is 0 Å². The molecule has 0 bridgehead atoms. The number of hydroxylamine groups is 1. The Bertz CT molecular complexity index is 585. The molecule has 0 spiro atoms. The highest BCUT2D eigenvalue weighted by molar-refractivity contribution is 5.80. The molecule has 18 heavy (non-hydrogen) atoms. The summed E-state index contributed by atoms with van der Waals surface area (Å²) in [6, 6.07) is 9.33. The Labute approximate surface area is 103 Å². The van der Waals surface area contributed by atoms with Gasteiger partial charge in [-0.15, -0.1) is 5.17 Å². The minimum absolute atomic E-state index is 0.322. The molecule has 0 aliphatic carbocycles. The van der Waals surface area contributed by atoms with E-state index in [1.54, 1.807) is 0 Å². The summed E-state index contributed by atoms with van der Waals surface area (Å²) in [6.07, 6.45) is 2.83. The number of para-hydroxylation sites is 1. The molecule has 0 amide bonds. The van der Waals surface area contributed by atoms with E-state index in [1.165, 1.54) is 17.8 Å². The van der Waals surface area contributed by atoms with Crippen LogP contribution in [0.5, 0.6) is 5.75 Å². The molecule has 0 unspecified atom stereocenters. The molecule has 0 fully saturated rings. The van der Waals surface area contributed by atoms with Crippen molar-refractivity contribution in [2.45, 2.75) is 0 Å². The van der Waals surface area contributed by atoms with Gasteiger partial charge >= 0.3 is 0 Å². The summed E-state index contributed by atoms with van der Waals surface area (Å²) in [7, 11) is 0. The normalized spacial score (nSPS) is 12.8. The van der Waals surface area contributed by atoms with E-state index < -0.39 is 0 Å². The maximum absolute atomic E-state index is 5.68.